The number of unbranched alkanes of at least 4 members (excludes halogenated alkanes) is 4. The molecule has 9 heteroatoms. The standard InChI is InChI=1S/C6H12O2.C6H10O2.C6H14O.C4H11NO3.C2H4/c1-4-2-5(7)3-6(4)8;1-2-3-4-5-6(7)8;1-2-3-4-5-6-7;5-4(1-6,2-7)3-8;1-2/h4-8H,2-3H2,1H3;2H,1,3-5H2,(H,7,8);7H,2-6H2,1H3;6-8H,1-3,5H2;1-2H2/t4-,5+,6+;;;;/m1..../s1. The van der Waals surface area contributed by atoms with Crippen LogP contribution in [0.4, 0.5) is 0 Å². The molecule has 0 amide bonds. The molecule has 0 aromatic carbocycles. The summed E-state index contributed by atoms with van der Waals surface area (Å²) in [7, 11) is 0. The molecule has 0 heterocycles. The van der Waals surface area contributed by atoms with Crippen LogP contribution in [0.2, 0.25) is 0 Å². The molecule has 1 aliphatic rings. The molecule has 0 radical (unpaired) electrons. The molecule has 0 aromatic heterocycles. The third-order valence-corrected chi connectivity index (χ3v) is 4.57. The normalized spacial score (nSPS) is 18.6. The van der Waals surface area contributed by atoms with E-state index in [1.165, 1.54) is 19.3 Å². The van der Waals surface area contributed by atoms with Gasteiger partial charge in [-0.25, -0.2) is 0 Å². The van der Waals surface area contributed by atoms with Gasteiger partial charge in [0.25, 0.3) is 0 Å². The van der Waals surface area contributed by atoms with Crippen LogP contribution < -0.4 is 5.73 Å². The Bertz CT molecular complexity index is 397. The molecule has 0 aliphatic heterocycles. The van der Waals surface area contributed by atoms with Crippen LogP contribution >= 0.6 is 0 Å². The molecule has 0 spiro atoms. The van der Waals surface area contributed by atoms with Crippen molar-refractivity contribution in [2.24, 2.45) is 11.7 Å². The smallest absolute Gasteiger partial charge is 0.303 e. The molecule has 0 unspecified atom stereocenters. The zero-order valence-corrected chi connectivity index (χ0v) is 20.7. The van der Waals surface area contributed by atoms with Gasteiger partial charge in [0.05, 0.1) is 37.6 Å². The highest BCUT2D eigenvalue weighted by Gasteiger charge is 2.27. The van der Waals surface area contributed by atoms with Crippen molar-refractivity contribution in [3.05, 3.63) is 25.8 Å². The topological polar surface area (TPSA) is 185 Å². The summed E-state index contributed by atoms with van der Waals surface area (Å²) in [5.41, 5.74) is 3.94. The van der Waals surface area contributed by atoms with E-state index < -0.39 is 31.3 Å². The lowest BCUT2D eigenvalue weighted by atomic mass is 10.1. The largest absolute Gasteiger partial charge is 0.481 e. The van der Waals surface area contributed by atoms with Crippen LogP contribution in [0.3, 0.4) is 0 Å². The highest BCUT2D eigenvalue weighted by Crippen LogP contribution is 2.24. The zero-order chi connectivity index (χ0) is 26.7. The van der Waals surface area contributed by atoms with Gasteiger partial charge >= 0.3 is 5.97 Å². The number of carboxylic acids is 1. The average molecular weight is 482 g/mol. The minimum atomic E-state index is -1.21. The van der Waals surface area contributed by atoms with Gasteiger partial charge in [0, 0.05) is 13.0 Å². The van der Waals surface area contributed by atoms with Crippen LogP contribution in [0, 0.1) is 5.92 Å². The molecule has 3 atom stereocenters. The van der Waals surface area contributed by atoms with Crippen molar-refractivity contribution in [2.45, 2.75) is 89.4 Å². The summed E-state index contributed by atoms with van der Waals surface area (Å²) in [4.78, 5) is 9.84. The highest BCUT2D eigenvalue weighted by molar-refractivity contribution is 5.66. The summed E-state index contributed by atoms with van der Waals surface area (Å²) < 4.78 is 0. The molecule has 33 heavy (non-hydrogen) atoms. The molecule has 1 saturated carbocycles. The lowest BCUT2D eigenvalue weighted by Gasteiger charge is -2.20. The van der Waals surface area contributed by atoms with Gasteiger partial charge in [-0.3, -0.25) is 4.79 Å². The van der Waals surface area contributed by atoms with E-state index in [0.717, 1.165) is 19.3 Å². The maximum atomic E-state index is 9.84. The van der Waals surface area contributed by atoms with Crippen LogP contribution in [0.15, 0.2) is 25.8 Å². The minimum Gasteiger partial charge on any atom is -0.481 e. The third kappa shape index (κ3) is 30.7. The van der Waals surface area contributed by atoms with Gasteiger partial charge in [0.2, 0.25) is 0 Å². The van der Waals surface area contributed by atoms with E-state index in [4.69, 9.17) is 41.5 Å². The molecule has 1 rings (SSSR count). The molecule has 0 saturated heterocycles. The van der Waals surface area contributed by atoms with Crippen LogP contribution in [0.25, 0.3) is 0 Å². The summed E-state index contributed by atoms with van der Waals surface area (Å²) in [6, 6.07) is 0. The van der Waals surface area contributed by atoms with Gasteiger partial charge in [-0.05, 0) is 38.0 Å². The SMILES string of the molecule is C=C.C=CCCCC(=O)O.CCCCCCO.C[C@@H]1C[C@H](O)C[C@@H]1O.NC(CO)(CO)CO. The van der Waals surface area contributed by atoms with E-state index in [9.17, 15) is 4.79 Å². The number of hydrogen-bond acceptors (Lipinski definition) is 8. The monoisotopic (exact) mass is 481 g/mol. The van der Waals surface area contributed by atoms with Crippen molar-refractivity contribution in [2.75, 3.05) is 26.4 Å². The lowest BCUT2D eigenvalue weighted by molar-refractivity contribution is -0.137. The second kappa shape index (κ2) is 28.7. The second-order valence-electron chi connectivity index (χ2n) is 7.87. The molecule has 1 aliphatic carbocycles. The Morgan fingerprint density at radius 1 is 1.00 bits per heavy atom. The predicted octanol–water partition coefficient (Wildman–Crippen LogP) is 1.59. The molecule has 9 N–H and O–H groups in total. The fourth-order valence-electron chi connectivity index (χ4n) is 2.28. The van der Waals surface area contributed by atoms with Crippen molar-refractivity contribution in [3.8, 4) is 0 Å². The van der Waals surface area contributed by atoms with Crippen molar-refractivity contribution in [1.29, 1.82) is 0 Å². The number of carbonyl (C=O) groups is 1. The molecule has 0 aromatic rings. The molecular formula is C24H51NO8. The van der Waals surface area contributed by atoms with E-state index in [1.54, 1.807) is 6.08 Å². The Morgan fingerprint density at radius 2 is 1.52 bits per heavy atom. The Balaban J connectivity index is -0.000000166. The minimum absolute atomic E-state index is 0.250. The van der Waals surface area contributed by atoms with Gasteiger partial charge in [-0.15, -0.1) is 19.7 Å². The number of hydrogen-bond donors (Lipinski definition) is 8. The fourth-order valence-corrected chi connectivity index (χ4v) is 2.28. The second-order valence-corrected chi connectivity index (χ2v) is 7.87. The van der Waals surface area contributed by atoms with E-state index in [2.05, 4.69) is 26.7 Å². The van der Waals surface area contributed by atoms with Crippen LogP contribution in [-0.4, -0.2) is 85.9 Å². The summed E-state index contributed by atoms with van der Waals surface area (Å²) in [6.45, 7) is 12.7. The van der Waals surface area contributed by atoms with Crippen molar-refractivity contribution in [1.82, 2.24) is 0 Å². The van der Waals surface area contributed by atoms with Crippen molar-refractivity contribution in [3.63, 3.8) is 0 Å². The Kier molecular flexibility index (Phi) is 33.8. The number of nitrogens with two attached hydrogens (primary N) is 1. The summed E-state index contributed by atoms with van der Waals surface area (Å²) in [5, 5.41) is 59.3. The number of aliphatic hydroxyl groups excluding tert-OH is 6. The number of carboxylic acid groups (broad SMARTS) is 1. The molecule has 9 nitrogen and oxygen atoms in total. The third-order valence-electron chi connectivity index (χ3n) is 4.57. The maximum Gasteiger partial charge on any atom is 0.303 e. The number of aliphatic carboxylic acids is 1. The van der Waals surface area contributed by atoms with Crippen molar-refractivity contribution >= 4 is 5.97 Å². The predicted molar refractivity (Wildman–Crippen MR) is 133 cm³/mol. The summed E-state index contributed by atoms with van der Waals surface area (Å²) >= 11 is 0. The Morgan fingerprint density at radius 3 is 1.73 bits per heavy atom. The van der Waals surface area contributed by atoms with Crippen LogP contribution in [-0.2, 0) is 4.79 Å². The highest BCUT2D eigenvalue weighted by atomic mass is 16.4. The first kappa shape index (κ1) is 38.9. The molecule has 200 valence electrons. The van der Waals surface area contributed by atoms with Crippen LogP contribution in [0.1, 0.15) is 71.6 Å². The van der Waals surface area contributed by atoms with Gasteiger partial charge in [0.1, 0.15) is 0 Å². The number of aliphatic hydroxyl groups is 6. The molecular weight excluding hydrogens is 430 g/mol. The van der Waals surface area contributed by atoms with Gasteiger partial charge in [0.15, 0.2) is 0 Å². The lowest BCUT2D eigenvalue weighted by Crippen LogP contribution is -2.50. The van der Waals surface area contributed by atoms with E-state index in [-0.39, 0.29) is 18.6 Å². The quantitative estimate of drug-likeness (QED) is 0.160. The van der Waals surface area contributed by atoms with Gasteiger partial charge in [-0.2, -0.15) is 0 Å². The number of rotatable bonds is 11. The average Bonchev–Trinajstić information content (AvgIpc) is 3.11. The first-order valence-electron chi connectivity index (χ1n) is 11.5. The van der Waals surface area contributed by atoms with E-state index >= 15 is 0 Å². The van der Waals surface area contributed by atoms with Crippen molar-refractivity contribution < 1.29 is 40.5 Å². The first-order valence-corrected chi connectivity index (χ1v) is 11.5. The number of allylic oxidation sites excluding steroid dienone is 1. The Hall–Kier alpha value is -1.33. The zero-order valence-electron chi connectivity index (χ0n) is 20.7. The maximum absolute atomic E-state index is 9.84. The van der Waals surface area contributed by atoms with E-state index in [1.807, 2.05) is 6.92 Å². The summed E-state index contributed by atoms with van der Waals surface area (Å²) in [5.74, 6) is -0.433. The fraction of sp³-hybridized carbons (Fsp3) is 0.792. The van der Waals surface area contributed by atoms with E-state index in [0.29, 0.717) is 25.4 Å². The first-order chi connectivity index (χ1) is 15.6. The Labute approximate surface area is 200 Å². The van der Waals surface area contributed by atoms with Gasteiger partial charge < -0.3 is 41.5 Å². The molecule has 1 fully saturated rings. The molecule has 0 bridgehead atoms. The van der Waals surface area contributed by atoms with Crippen LogP contribution in [0.5, 0.6) is 0 Å². The summed E-state index contributed by atoms with van der Waals surface area (Å²) in [6.07, 6.45) is 8.99. The van der Waals surface area contributed by atoms with Gasteiger partial charge in [-0.1, -0.05) is 39.2 Å².